The number of benzene rings is 1. The standard InChI is InChI=1S/C10H12BrNO2/c1-6(12-7(2)13)8-3-4-10(14)9(11)5-8/h3-6,14H,1-2H3,(H,12,13). The van der Waals surface area contributed by atoms with Crippen molar-refractivity contribution in [1.29, 1.82) is 0 Å². The van der Waals surface area contributed by atoms with Crippen LogP contribution in [0.4, 0.5) is 0 Å². The largest absolute Gasteiger partial charge is 0.507 e. The molecule has 1 aromatic carbocycles. The molecule has 3 nitrogen and oxygen atoms in total. The molecular formula is C10H12BrNO2. The molecule has 0 bridgehead atoms. The summed E-state index contributed by atoms with van der Waals surface area (Å²) < 4.78 is 0.632. The van der Waals surface area contributed by atoms with Crippen LogP contribution in [0.25, 0.3) is 0 Å². The zero-order valence-electron chi connectivity index (χ0n) is 8.04. The predicted molar refractivity (Wildman–Crippen MR) is 58.0 cm³/mol. The van der Waals surface area contributed by atoms with E-state index < -0.39 is 0 Å². The van der Waals surface area contributed by atoms with Gasteiger partial charge in [-0.2, -0.15) is 0 Å². The molecule has 1 aromatic rings. The van der Waals surface area contributed by atoms with E-state index in [9.17, 15) is 9.90 Å². The second kappa shape index (κ2) is 4.46. The van der Waals surface area contributed by atoms with Gasteiger partial charge in [0.05, 0.1) is 10.5 Å². The van der Waals surface area contributed by atoms with Gasteiger partial charge in [-0.3, -0.25) is 4.79 Å². The first kappa shape index (κ1) is 11.0. The Labute approximate surface area is 91.3 Å². The Hall–Kier alpha value is -1.03. The lowest BCUT2D eigenvalue weighted by Crippen LogP contribution is -2.23. The van der Waals surface area contributed by atoms with Crippen LogP contribution >= 0.6 is 15.9 Å². The second-order valence-electron chi connectivity index (χ2n) is 3.13. The first-order valence-electron chi connectivity index (χ1n) is 4.26. The quantitative estimate of drug-likeness (QED) is 0.855. The first-order chi connectivity index (χ1) is 6.50. The maximum absolute atomic E-state index is 10.8. The van der Waals surface area contributed by atoms with E-state index in [2.05, 4.69) is 21.2 Å². The van der Waals surface area contributed by atoms with Gasteiger partial charge in [0.15, 0.2) is 0 Å². The van der Waals surface area contributed by atoms with Gasteiger partial charge in [-0.05, 0) is 40.5 Å². The molecule has 4 heteroatoms. The van der Waals surface area contributed by atoms with Crippen molar-refractivity contribution >= 4 is 21.8 Å². The first-order valence-corrected chi connectivity index (χ1v) is 5.05. The molecule has 1 atom stereocenters. The van der Waals surface area contributed by atoms with Crippen molar-refractivity contribution in [2.75, 3.05) is 0 Å². The van der Waals surface area contributed by atoms with Crippen LogP contribution in [0.3, 0.4) is 0 Å². The number of phenolic OH excluding ortho intramolecular Hbond substituents is 1. The number of nitrogens with one attached hydrogen (secondary N) is 1. The van der Waals surface area contributed by atoms with Crippen LogP contribution < -0.4 is 5.32 Å². The Morgan fingerprint density at radius 2 is 2.21 bits per heavy atom. The fourth-order valence-corrected chi connectivity index (χ4v) is 1.58. The number of amides is 1. The molecule has 0 fully saturated rings. The molecule has 0 spiro atoms. The van der Waals surface area contributed by atoms with Gasteiger partial charge in [0, 0.05) is 6.92 Å². The van der Waals surface area contributed by atoms with Gasteiger partial charge >= 0.3 is 0 Å². The molecule has 0 saturated heterocycles. The highest BCUT2D eigenvalue weighted by Crippen LogP contribution is 2.26. The summed E-state index contributed by atoms with van der Waals surface area (Å²) in [4.78, 5) is 10.8. The number of hydrogen-bond acceptors (Lipinski definition) is 2. The van der Waals surface area contributed by atoms with Crippen molar-refractivity contribution in [3.05, 3.63) is 28.2 Å². The number of rotatable bonds is 2. The Bertz CT molecular complexity index is 352. The second-order valence-corrected chi connectivity index (χ2v) is 3.99. The molecule has 1 amide bonds. The third-order valence-electron chi connectivity index (χ3n) is 1.89. The van der Waals surface area contributed by atoms with Crippen LogP contribution in [0.1, 0.15) is 25.5 Å². The van der Waals surface area contributed by atoms with Gasteiger partial charge in [-0.15, -0.1) is 0 Å². The molecule has 0 saturated carbocycles. The number of carbonyl (C=O) groups excluding carboxylic acids is 1. The van der Waals surface area contributed by atoms with E-state index in [0.29, 0.717) is 4.47 Å². The van der Waals surface area contributed by atoms with Crippen LogP contribution in [0, 0.1) is 0 Å². The highest BCUT2D eigenvalue weighted by molar-refractivity contribution is 9.10. The van der Waals surface area contributed by atoms with Gasteiger partial charge in [-0.25, -0.2) is 0 Å². The summed E-state index contributed by atoms with van der Waals surface area (Å²) in [5.41, 5.74) is 0.949. The van der Waals surface area contributed by atoms with Crippen LogP contribution in [0.2, 0.25) is 0 Å². The van der Waals surface area contributed by atoms with Crippen molar-refractivity contribution in [3.8, 4) is 5.75 Å². The molecule has 0 heterocycles. The van der Waals surface area contributed by atoms with Crippen molar-refractivity contribution in [3.63, 3.8) is 0 Å². The average Bonchev–Trinajstić information content (AvgIpc) is 2.08. The minimum Gasteiger partial charge on any atom is -0.507 e. The number of halogens is 1. The average molecular weight is 258 g/mol. The molecule has 0 aliphatic rings. The van der Waals surface area contributed by atoms with Crippen LogP contribution in [0.5, 0.6) is 5.75 Å². The van der Waals surface area contributed by atoms with E-state index in [-0.39, 0.29) is 17.7 Å². The van der Waals surface area contributed by atoms with Crippen LogP contribution in [-0.4, -0.2) is 11.0 Å². The Morgan fingerprint density at radius 3 is 2.71 bits per heavy atom. The maximum atomic E-state index is 10.8. The van der Waals surface area contributed by atoms with E-state index in [4.69, 9.17) is 0 Å². The van der Waals surface area contributed by atoms with Gasteiger partial charge in [0.2, 0.25) is 5.91 Å². The lowest BCUT2D eigenvalue weighted by Gasteiger charge is -2.13. The molecule has 1 rings (SSSR count). The lowest BCUT2D eigenvalue weighted by atomic mass is 10.1. The van der Waals surface area contributed by atoms with E-state index in [0.717, 1.165) is 5.56 Å². The molecule has 0 aromatic heterocycles. The minimum atomic E-state index is -0.0679. The smallest absolute Gasteiger partial charge is 0.217 e. The normalized spacial score (nSPS) is 12.2. The molecule has 14 heavy (non-hydrogen) atoms. The van der Waals surface area contributed by atoms with Gasteiger partial charge < -0.3 is 10.4 Å². The highest BCUT2D eigenvalue weighted by Gasteiger charge is 2.08. The molecule has 0 radical (unpaired) electrons. The third-order valence-corrected chi connectivity index (χ3v) is 2.53. The lowest BCUT2D eigenvalue weighted by molar-refractivity contribution is -0.119. The van der Waals surface area contributed by atoms with E-state index in [1.165, 1.54) is 6.92 Å². The molecular weight excluding hydrogens is 246 g/mol. The maximum Gasteiger partial charge on any atom is 0.217 e. The molecule has 0 aliphatic carbocycles. The number of carbonyl (C=O) groups is 1. The fourth-order valence-electron chi connectivity index (χ4n) is 1.18. The van der Waals surface area contributed by atoms with Gasteiger partial charge in [-0.1, -0.05) is 6.07 Å². The summed E-state index contributed by atoms with van der Waals surface area (Å²) in [7, 11) is 0. The zero-order chi connectivity index (χ0) is 10.7. The van der Waals surface area contributed by atoms with Crippen LogP contribution in [0.15, 0.2) is 22.7 Å². The Balaban J connectivity index is 2.85. The Morgan fingerprint density at radius 1 is 1.57 bits per heavy atom. The van der Waals surface area contributed by atoms with Crippen molar-refractivity contribution in [2.24, 2.45) is 0 Å². The van der Waals surface area contributed by atoms with Gasteiger partial charge in [0.25, 0.3) is 0 Å². The zero-order valence-corrected chi connectivity index (χ0v) is 9.63. The van der Waals surface area contributed by atoms with E-state index in [1.807, 2.05) is 6.92 Å². The summed E-state index contributed by atoms with van der Waals surface area (Å²) in [5, 5.41) is 12.0. The van der Waals surface area contributed by atoms with Crippen LogP contribution in [-0.2, 0) is 4.79 Å². The number of aromatic hydroxyl groups is 1. The highest BCUT2D eigenvalue weighted by atomic mass is 79.9. The molecule has 0 aliphatic heterocycles. The van der Waals surface area contributed by atoms with Crippen molar-refractivity contribution in [1.82, 2.24) is 5.32 Å². The van der Waals surface area contributed by atoms with Crippen molar-refractivity contribution in [2.45, 2.75) is 19.9 Å². The monoisotopic (exact) mass is 257 g/mol. The van der Waals surface area contributed by atoms with E-state index in [1.54, 1.807) is 18.2 Å². The summed E-state index contributed by atoms with van der Waals surface area (Å²) in [6.07, 6.45) is 0. The van der Waals surface area contributed by atoms with Crippen molar-refractivity contribution < 1.29 is 9.90 Å². The summed E-state index contributed by atoms with van der Waals surface area (Å²) in [6.45, 7) is 3.37. The Kier molecular flexibility index (Phi) is 3.52. The van der Waals surface area contributed by atoms with E-state index >= 15 is 0 Å². The molecule has 76 valence electrons. The third kappa shape index (κ3) is 2.73. The molecule has 2 N–H and O–H groups in total. The fraction of sp³-hybridized carbons (Fsp3) is 0.300. The predicted octanol–water partition coefficient (Wildman–Crippen LogP) is 2.35. The minimum absolute atomic E-state index is 0.0515. The summed E-state index contributed by atoms with van der Waals surface area (Å²) >= 11 is 3.22. The number of hydrogen-bond donors (Lipinski definition) is 2. The topological polar surface area (TPSA) is 49.3 Å². The SMILES string of the molecule is CC(=O)NC(C)c1ccc(O)c(Br)c1. The summed E-state index contributed by atoms with van der Waals surface area (Å²) in [5.74, 6) is 0.130. The van der Waals surface area contributed by atoms with Gasteiger partial charge in [0.1, 0.15) is 5.75 Å². The number of phenols is 1. The molecule has 1 unspecified atom stereocenters. The summed E-state index contributed by atoms with van der Waals surface area (Å²) in [6, 6.07) is 5.11.